The SMILES string of the molecule is C[C@@H](OC(=O)CNC(=O)C1CCCCC1)C(=O)Nc1nc(-c2ccc(F)c(F)c2)cs1. The molecule has 0 unspecified atom stereocenters. The van der Waals surface area contributed by atoms with Crippen molar-refractivity contribution in [3.63, 3.8) is 0 Å². The highest BCUT2D eigenvalue weighted by molar-refractivity contribution is 7.14. The van der Waals surface area contributed by atoms with Gasteiger partial charge in [-0.1, -0.05) is 19.3 Å². The first-order valence-corrected chi connectivity index (χ1v) is 10.9. The number of thiazole rings is 1. The summed E-state index contributed by atoms with van der Waals surface area (Å²) in [6.07, 6.45) is 3.68. The number of hydrogen-bond donors (Lipinski definition) is 2. The van der Waals surface area contributed by atoms with E-state index in [0.29, 0.717) is 11.3 Å². The number of halogens is 2. The quantitative estimate of drug-likeness (QED) is 0.627. The predicted octanol–water partition coefficient (Wildman–Crippen LogP) is 3.66. The molecule has 2 amide bonds. The summed E-state index contributed by atoms with van der Waals surface area (Å²) < 4.78 is 31.5. The van der Waals surface area contributed by atoms with E-state index in [1.54, 1.807) is 5.38 Å². The molecule has 0 bridgehead atoms. The molecule has 0 aliphatic heterocycles. The van der Waals surface area contributed by atoms with Gasteiger partial charge in [-0.2, -0.15) is 0 Å². The van der Waals surface area contributed by atoms with Gasteiger partial charge in [-0.3, -0.25) is 19.7 Å². The first-order chi connectivity index (χ1) is 14.8. The number of carbonyl (C=O) groups excluding carboxylic acids is 3. The number of rotatable bonds is 7. The van der Waals surface area contributed by atoms with Crippen LogP contribution in [0.5, 0.6) is 0 Å². The van der Waals surface area contributed by atoms with Crippen molar-refractivity contribution in [3.8, 4) is 11.3 Å². The number of nitrogens with one attached hydrogen (secondary N) is 2. The summed E-state index contributed by atoms with van der Waals surface area (Å²) in [6, 6.07) is 3.39. The zero-order valence-electron chi connectivity index (χ0n) is 17.0. The number of nitrogens with zero attached hydrogens (tertiary/aromatic N) is 1. The minimum Gasteiger partial charge on any atom is -0.451 e. The Labute approximate surface area is 182 Å². The van der Waals surface area contributed by atoms with Crippen molar-refractivity contribution in [2.24, 2.45) is 5.92 Å². The van der Waals surface area contributed by atoms with Crippen LogP contribution < -0.4 is 10.6 Å². The Morgan fingerprint density at radius 3 is 2.65 bits per heavy atom. The summed E-state index contributed by atoms with van der Waals surface area (Å²) in [7, 11) is 0. The van der Waals surface area contributed by atoms with Gasteiger partial charge in [-0.25, -0.2) is 13.8 Å². The van der Waals surface area contributed by atoms with Crippen molar-refractivity contribution in [3.05, 3.63) is 35.2 Å². The molecule has 3 rings (SSSR count). The highest BCUT2D eigenvalue weighted by atomic mass is 32.1. The molecule has 1 fully saturated rings. The lowest BCUT2D eigenvalue weighted by Gasteiger charge is -2.20. The van der Waals surface area contributed by atoms with Gasteiger partial charge in [0.1, 0.15) is 6.54 Å². The van der Waals surface area contributed by atoms with Crippen molar-refractivity contribution in [1.29, 1.82) is 0 Å². The van der Waals surface area contributed by atoms with E-state index in [0.717, 1.165) is 55.6 Å². The molecule has 1 saturated carbocycles. The van der Waals surface area contributed by atoms with Crippen molar-refractivity contribution in [2.75, 3.05) is 11.9 Å². The molecular formula is C21H23F2N3O4S. The average molecular weight is 451 g/mol. The molecule has 1 aromatic heterocycles. The fourth-order valence-electron chi connectivity index (χ4n) is 3.29. The third-order valence-electron chi connectivity index (χ3n) is 5.01. The molecule has 2 N–H and O–H groups in total. The van der Waals surface area contributed by atoms with E-state index in [1.807, 2.05) is 0 Å². The molecule has 1 aromatic carbocycles. The van der Waals surface area contributed by atoms with Crippen LogP contribution in [0.4, 0.5) is 13.9 Å². The molecule has 166 valence electrons. The van der Waals surface area contributed by atoms with Gasteiger partial charge in [0.2, 0.25) is 5.91 Å². The Balaban J connectivity index is 1.46. The Hall–Kier alpha value is -2.88. The third kappa shape index (κ3) is 6.30. The Morgan fingerprint density at radius 2 is 1.94 bits per heavy atom. The number of aromatic nitrogens is 1. The van der Waals surface area contributed by atoms with Crippen molar-refractivity contribution >= 4 is 34.3 Å². The first kappa shape index (κ1) is 22.8. The fourth-order valence-corrected chi connectivity index (χ4v) is 4.01. The van der Waals surface area contributed by atoms with Crippen molar-refractivity contribution < 1.29 is 27.9 Å². The van der Waals surface area contributed by atoms with E-state index in [2.05, 4.69) is 15.6 Å². The van der Waals surface area contributed by atoms with Gasteiger partial charge >= 0.3 is 5.97 Å². The summed E-state index contributed by atoms with van der Waals surface area (Å²) in [6.45, 7) is 1.10. The lowest BCUT2D eigenvalue weighted by Crippen LogP contribution is -2.38. The number of carbonyl (C=O) groups is 3. The predicted molar refractivity (Wildman–Crippen MR) is 111 cm³/mol. The summed E-state index contributed by atoms with van der Waals surface area (Å²) in [4.78, 5) is 40.4. The van der Waals surface area contributed by atoms with E-state index in [-0.39, 0.29) is 23.5 Å². The Morgan fingerprint density at radius 1 is 1.19 bits per heavy atom. The minimum atomic E-state index is -1.10. The van der Waals surface area contributed by atoms with Gasteiger partial charge in [-0.15, -0.1) is 11.3 Å². The van der Waals surface area contributed by atoms with E-state index in [4.69, 9.17) is 4.74 Å². The molecule has 1 aliphatic rings. The number of amides is 2. The van der Waals surface area contributed by atoms with Crippen LogP contribution in [0, 0.1) is 17.6 Å². The van der Waals surface area contributed by atoms with Crippen LogP contribution in [-0.4, -0.2) is 35.4 Å². The molecular weight excluding hydrogens is 428 g/mol. The molecule has 0 radical (unpaired) electrons. The molecule has 1 heterocycles. The number of anilines is 1. The van der Waals surface area contributed by atoms with Crippen LogP contribution in [0.15, 0.2) is 23.6 Å². The first-order valence-electron chi connectivity index (χ1n) is 10.0. The van der Waals surface area contributed by atoms with Crippen LogP contribution in [-0.2, 0) is 19.1 Å². The third-order valence-corrected chi connectivity index (χ3v) is 5.77. The fraction of sp³-hybridized carbons (Fsp3) is 0.429. The van der Waals surface area contributed by atoms with Crippen molar-refractivity contribution in [2.45, 2.75) is 45.1 Å². The lowest BCUT2D eigenvalue weighted by atomic mass is 9.89. The van der Waals surface area contributed by atoms with Crippen LogP contribution in [0.2, 0.25) is 0 Å². The van der Waals surface area contributed by atoms with Gasteiger partial charge in [0.15, 0.2) is 22.9 Å². The van der Waals surface area contributed by atoms with E-state index in [1.165, 1.54) is 13.0 Å². The maximum atomic E-state index is 13.4. The maximum absolute atomic E-state index is 13.4. The maximum Gasteiger partial charge on any atom is 0.326 e. The van der Waals surface area contributed by atoms with Crippen LogP contribution in [0.25, 0.3) is 11.3 Å². The lowest BCUT2D eigenvalue weighted by molar-refractivity contribution is -0.153. The molecule has 1 atom stereocenters. The minimum absolute atomic E-state index is 0.0732. The van der Waals surface area contributed by atoms with Gasteiger partial charge in [-0.05, 0) is 38.0 Å². The number of esters is 1. The smallest absolute Gasteiger partial charge is 0.326 e. The summed E-state index contributed by atoms with van der Waals surface area (Å²) in [5.74, 6) is -3.51. The highest BCUT2D eigenvalue weighted by Crippen LogP contribution is 2.26. The summed E-state index contributed by atoms with van der Waals surface area (Å²) in [5, 5.41) is 6.88. The van der Waals surface area contributed by atoms with Gasteiger partial charge in [0.05, 0.1) is 5.69 Å². The van der Waals surface area contributed by atoms with Crippen LogP contribution in [0.3, 0.4) is 0 Å². The monoisotopic (exact) mass is 451 g/mol. The number of ether oxygens (including phenoxy) is 1. The molecule has 1 aliphatic carbocycles. The summed E-state index contributed by atoms with van der Waals surface area (Å²) >= 11 is 1.09. The normalized spacial score (nSPS) is 15.2. The van der Waals surface area contributed by atoms with Crippen LogP contribution >= 0.6 is 11.3 Å². The van der Waals surface area contributed by atoms with Crippen molar-refractivity contribution in [1.82, 2.24) is 10.3 Å². The standard InChI is InChI=1S/C21H23F2N3O4S/c1-12(30-18(27)10-24-20(29)13-5-3-2-4-6-13)19(28)26-21-25-17(11-31-21)14-7-8-15(22)16(23)9-14/h7-9,11-13H,2-6,10H2,1H3,(H,24,29)(H,25,26,28)/t12-/m1/s1. The second kappa shape index (κ2) is 10.4. The largest absolute Gasteiger partial charge is 0.451 e. The average Bonchev–Trinajstić information content (AvgIpc) is 3.23. The second-order valence-electron chi connectivity index (χ2n) is 7.34. The van der Waals surface area contributed by atoms with Crippen LogP contribution in [0.1, 0.15) is 39.0 Å². The highest BCUT2D eigenvalue weighted by Gasteiger charge is 2.23. The zero-order valence-corrected chi connectivity index (χ0v) is 17.8. The topological polar surface area (TPSA) is 97.4 Å². The molecule has 0 spiro atoms. The molecule has 7 nitrogen and oxygen atoms in total. The van der Waals surface area contributed by atoms with E-state index in [9.17, 15) is 23.2 Å². The Bertz CT molecular complexity index is 960. The van der Waals surface area contributed by atoms with Gasteiger partial charge in [0, 0.05) is 16.9 Å². The Kier molecular flexibility index (Phi) is 7.67. The zero-order chi connectivity index (χ0) is 22.4. The van der Waals surface area contributed by atoms with Gasteiger partial charge < -0.3 is 10.1 Å². The van der Waals surface area contributed by atoms with E-state index >= 15 is 0 Å². The van der Waals surface area contributed by atoms with E-state index < -0.39 is 29.6 Å². The number of benzene rings is 1. The van der Waals surface area contributed by atoms with Gasteiger partial charge in [0.25, 0.3) is 5.91 Å². The number of hydrogen-bond acceptors (Lipinski definition) is 6. The molecule has 0 saturated heterocycles. The molecule has 10 heteroatoms. The molecule has 31 heavy (non-hydrogen) atoms. The molecule has 2 aromatic rings. The second-order valence-corrected chi connectivity index (χ2v) is 8.20. The summed E-state index contributed by atoms with van der Waals surface area (Å²) in [5.41, 5.74) is 0.734.